The highest BCUT2D eigenvalue weighted by Gasteiger charge is 2.43. The molecule has 0 unspecified atom stereocenters. The Labute approximate surface area is 130 Å². The molecule has 0 bridgehead atoms. The number of benzene rings is 1. The van der Waals surface area contributed by atoms with Crippen LogP contribution in [0.5, 0.6) is 0 Å². The SMILES string of the molecule is CC(C)(C)c1ccc(S(=O)(=O)N2C[C@H](O)C[C@@H]2C(=O)O)cc1. The summed E-state index contributed by atoms with van der Waals surface area (Å²) in [5.74, 6) is -1.24. The van der Waals surface area contributed by atoms with Gasteiger partial charge in [-0.25, -0.2) is 8.42 Å². The fraction of sp³-hybridized carbons (Fsp3) is 0.533. The predicted molar refractivity (Wildman–Crippen MR) is 81.1 cm³/mol. The Morgan fingerprint density at radius 1 is 1.23 bits per heavy atom. The van der Waals surface area contributed by atoms with Crippen LogP contribution in [-0.2, 0) is 20.2 Å². The highest BCUT2D eigenvalue weighted by molar-refractivity contribution is 7.89. The van der Waals surface area contributed by atoms with Crippen molar-refractivity contribution in [3.05, 3.63) is 29.8 Å². The maximum atomic E-state index is 12.6. The molecule has 1 aliphatic rings. The monoisotopic (exact) mass is 327 g/mol. The molecule has 7 heteroatoms. The Kier molecular flexibility index (Phi) is 4.34. The lowest BCUT2D eigenvalue weighted by Crippen LogP contribution is -2.40. The lowest BCUT2D eigenvalue weighted by atomic mass is 9.87. The van der Waals surface area contributed by atoms with Crippen molar-refractivity contribution >= 4 is 16.0 Å². The summed E-state index contributed by atoms with van der Waals surface area (Å²) in [4.78, 5) is 11.2. The number of nitrogens with zero attached hydrogens (tertiary/aromatic N) is 1. The summed E-state index contributed by atoms with van der Waals surface area (Å²) in [6.07, 6.45) is -1.04. The number of carbonyl (C=O) groups is 1. The number of rotatable bonds is 3. The van der Waals surface area contributed by atoms with Crippen LogP contribution in [-0.4, -0.2) is 47.6 Å². The summed E-state index contributed by atoms with van der Waals surface area (Å²) in [5.41, 5.74) is 0.887. The zero-order valence-electron chi connectivity index (χ0n) is 12.9. The molecule has 2 rings (SSSR count). The van der Waals surface area contributed by atoms with E-state index >= 15 is 0 Å². The Morgan fingerprint density at radius 3 is 2.23 bits per heavy atom. The van der Waals surface area contributed by atoms with Gasteiger partial charge in [0, 0.05) is 13.0 Å². The van der Waals surface area contributed by atoms with E-state index in [1.807, 2.05) is 20.8 Å². The Hall–Kier alpha value is -1.44. The van der Waals surface area contributed by atoms with Gasteiger partial charge in [0.2, 0.25) is 10.0 Å². The molecule has 0 spiro atoms. The molecule has 122 valence electrons. The summed E-state index contributed by atoms with van der Waals surface area (Å²) in [5, 5.41) is 18.8. The van der Waals surface area contributed by atoms with E-state index in [1.54, 1.807) is 12.1 Å². The maximum absolute atomic E-state index is 12.6. The van der Waals surface area contributed by atoms with Gasteiger partial charge in [-0.05, 0) is 23.1 Å². The molecule has 0 aliphatic carbocycles. The molecule has 0 amide bonds. The second kappa shape index (κ2) is 5.64. The van der Waals surface area contributed by atoms with Gasteiger partial charge < -0.3 is 10.2 Å². The van der Waals surface area contributed by atoms with E-state index in [0.717, 1.165) is 9.87 Å². The summed E-state index contributed by atoms with van der Waals surface area (Å²) in [7, 11) is -3.94. The fourth-order valence-corrected chi connectivity index (χ4v) is 4.17. The third-order valence-corrected chi connectivity index (χ3v) is 5.73. The number of hydrogen-bond acceptors (Lipinski definition) is 4. The lowest BCUT2D eigenvalue weighted by molar-refractivity contribution is -0.140. The zero-order valence-corrected chi connectivity index (χ0v) is 13.7. The van der Waals surface area contributed by atoms with Crippen molar-refractivity contribution in [1.82, 2.24) is 4.31 Å². The van der Waals surface area contributed by atoms with Crippen molar-refractivity contribution in [3.8, 4) is 0 Å². The Morgan fingerprint density at radius 2 is 1.77 bits per heavy atom. The summed E-state index contributed by atoms with van der Waals surface area (Å²) in [6.45, 7) is 5.87. The fourth-order valence-electron chi connectivity index (χ4n) is 2.54. The third kappa shape index (κ3) is 3.16. The zero-order chi connectivity index (χ0) is 16.7. The molecular weight excluding hydrogens is 306 g/mol. The van der Waals surface area contributed by atoms with E-state index in [0.29, 0.717) is 0 Å². The van der Waals surface area contributed by atoms with Gasteiger partial charge in [0.05, 0.1) is 11.0 Å². The van der Waals surface area contributed by atoms with Crippen LogP contribution in [0.25, 0.3) is 0 Å². The van der Waals surface area contributed by atoms with Crippen molar-refractivity contribution in [2.45, 2.75) is 49.6 Å². The van der Waals surface area contributed by atoms with E-state index in [1.165, 1.54) is 12.1 Å². The van der Waals surface area contributed by atoms with E-state index < -0.39 is 28.1 Å². The van der Waals surface area contributed by atoms with Gasteiger partial charge >= 0.3 is 5.97 Å². The molecule has 6 nitrogen and oxygen atoms in total. The molecule has 0 aromatic heterocycles. The van der Waals surface area contributed by atoms with E-state index in [9.17, 15) is 18.3 Å². The molecule has 2 N–H and O–H groups in total. The largest absolute Gasteiger partial charge is 0.480 e. The molecule has 1 aromatic rings. The second-order valence-corrected chi connectivity index (χ2v) is 8.48. The van der Waals surface area contributed by atoms with Gasteiger partial charge in [-0.2, -0.15) is 4.31 Å². The first-order valence-corrected chi connectivity index (χ1v) is 8.51. The van der Waals surface area contributed by atoms with Crippen LogP contribution in [0.15, 0.2) is 29.2 Å². The molecule has 1 heterocycles. The number of carboxylic acids is 1. The average molecular weight is 327 g/mol. The molecule has 1 aliphatic heterocycles. The normalized spacial score (nSPS) is 23.6. The van der Waals surface area contributed by atoms with Crippen LogP contribution in [0.4, 0.5) is 0 Å². The van der Waals surface area contributed by atoms with Gasteiger partial charge in [0.25, 0.3) is 0 Å². The lowest BCUT2D eigenvalue weighted by Gasteiger charge is -2.22. The standard InChI is InChI=1S/C15H21NO5S/c1-15(2,3)10-4-6-12(7-5-10)22(20,21)16-9-11(17)8-13(16)14(18)19/h4-7,11,13,17H,8-9H2,1-3H3,(H,18,19)/t11-,13-/m1/s1. The minimum absolute atomic E-state index is 0.0425. The average Bonchev–Trinajstić information content (AvgIpc) is 2.81. The van der Waals surface area contributed by atoms with Crippen LogP contribution in [0.3, 0.4) is 0 Å². The van der Waals surface area contributed by atoms with Crippen molar-refractivity contribution < 1.29 is 23.4 Å². The second-order valence-electron chi connectivity index (χ2n) is 6.59. The highest BCUT2D eigenvalue weighted by atomic mass is 32.2. The van der Waals surface area contributed by atoms with E-state index in [2.05, 4.69) is 0 Å². The first-order chi connectivity index (χ1) is 10.0. The van der Waals surface area contributed by atoms with Crippen LogP contribution < -0.4 is 0 Å². The number of sulfonamides is 1. The van der Waals surface area contributed by atoms with Gasteiger partial charge in [0.1, 0.15) is 6.04 Å². The molecule has 2 atom stereocenters. The topological polar surface area (TPSA) is 94.9 Å². The van der Waals surface area contributed by atoms with Gasteiger partial charge in [-0.3, -0.25) is 4.79 Å². The van der Waals surface area contributed by atoms with Crippen LogP contribution in [0.1, 0.15) is 32.8 Å². The molecule has 1 saturated heterocycles. The van der Waals surface area contributed by atoms with Crippen molar-refractivity contribution in [1.29, 1.82) is 0 Å². The first kappa shape index (κ1) is 16.9. The minimum atomic E-state index is -3.94. The highest BCUT2D eigenvalue weighted by Crippen LogP contribution is 2.28. The van der Waals surface area contributed by atoms with Crippen molar-refractivity contribution in [3.63, 3.8) is 0 Å². The number of aliphatic carboxylic acids is 1. The maximum Gasteiger partial charge on any atom is 0.322 e. The van der Waals surface area contributed by atoms with Crippen LogP contribution in [0.2, 0.25) is 0 Å². The number of carboxylic acid groups (broad SMARTS) is 1. The van der Waals surface area contributed by atoms with Gasteiger partial charge in [-0.15, -0.1) is 0 Å². The Bertz CT molecular complexity index is 660. The number of hydrogen-bond donors (Lipinski definition) is 2. The molecule has 0 saturated carbocycles. The quantitative estimate of drug-likeness (QED) is 0.869. The van der Waals surface area contributed by atoms with Crippen LogP contribution in [0, 0.1) is 0 Å². The van der Waals surface area contributed by atoms with Crippen LogP contribution >= 0.6 is 0 Å². The third-order valence-electron chi connectivity index (χ3n) is 3.85. The number of aliphatic hydroxyl groups is 1. The van der Waals surface area contributed by atoms with Crippen molar-refractivity contribution in [2.24, 2.45) is 0 Å². The molecule has 0 radical (unpaired) electrons. The Balaban J connectivity index is 2.36. The predicted octanol–water partition coefficient (Wildman–Crippen LogP) is 1.19. The molecular formula is C15H21NO5S. The first-order valence-electron chi connectivity index (χ1n) is 7.07. The van der Waals surface area contributed by atoms with E-state index in [4.69, 9.17) is 5.11 Å². The molecule has 22 heavy (non-hydrogen) atoms. The number of aliphatic hydroxyl groups excluding tert-OH is 1. The van der Waals surface area contributed by atoms with E-state index in [-0.39, 0.29) is 23.3 Å². The summed E-state index contributed by atoms with van der Waals surface area (Å²) >= 11 is 0. The smallest absolute Gasteiger partial charge is 0.322 e. The minimum Gasteiger partial charge on any atom is -0.480 e. The summed E-state index contributed by atoms with van der Waals surface area (Å²) < 4.78 is 26.1. The molecule has 1 aromatic carbocycles. The summed E-state index contributed by atoms with van der Waals surface area (Å²) in [6, 6.07) is 5.21. The van der Waals surface area contributed by atoms with Gasteiger partial charge in [-0.1, -0.05) is 32.9 Å². The number of β-amino-alcohol motifs (C(OH)–C–C–N with tert-alkyl or cyclic N) is 1. The van der Waals surface area contributed by atoms with Crippen molar-refractivity contribution in [2.75, 3.05) is 6.54 Å². The molecule has 1 fully saturated rings. The van der Waals surface area contributed by atoms with Gasteiger partial charge in [0.15, 0.2) is 0 Å².